The van der Waals surface area contributed by atoms with Crippen molar-refractivity contribution in [1.82, 2.24) is 20.0 Å². The molecule has 3 heterocycles. The molecular weight excluding hydrogens is 381 g/mol. The number of nitrogens with zero attached hydrogens (tertiary/aromatic N) is 4. The van der Waals surface area contributed by atoms with E-state index in [9.17, 15) is 13.2 Å². The topological polar surface area (TPSA) is 71.5 Å². The highest BCUT2D eigenvalue weighted by Crippen LogP contribution is 2.34. The predicted molar refractivity (Wildman–Crippen MR) is 105 cm³/mol. The van der Waals surface area contributed by atoms with Gasteiger partial charge in [0.05, 0.1) is 30.0 Å². The van der Waals surface area contributed by atoms with Crippen LogP contribution >= 0.6 is 0 Å². The zero-order valence-corrected chi connectivity index (χ0v) is 15.4. The number of hydrogen-bond donors (Lipinski definition) is 2. The lowest BCUT2D eigenvalue weighted by atomic mass is 10.0. The summed E-state index contributed by atoms with van der Waals surface area (Å²) in [4.78, 5) is 8.67. The molecule has 1 aromatic heterocycles. The van der Waals surface area contributed by atoms with E-state index >= 15 is 0 Å². The molecule has 3 N–H and O–H groups in total. The fourth-order valence-electron chi connectivity index (χ4n) is 3.38. The van der Waals surface area contributed by atoms with Crippen LogP contribution in [0.15, 0.2) is 66.2 Å². The second-order valence-electron chi connectivity index (χ2n) is 6.70. The molecule has 29 heavy (non-hydrogen) atoms. The Balaban J connectivity index is 1.80. The van der Waals surface area contributed by atoms with E-state index in [4.69, 9.17) is 5.73 Å². The molecule has 0 radical (unpaired) electrons. The number of fused-ring (bicyclic) bond motifs is 1. The second kappa shape index (κ2) is 7.25. The third kappa shape index (κ3) is 3.23. The smallest absolute Gasteiger partial charge is 0.256 e. The second-order valence-corrected chi connectivity index (χ2v) is 6.70. The molecule has 0 bridgehead atoms. The Labute approximate surface area is 165 Å². The maximum absolute atomic E-state index is 13.3. The zero-order chi connectivity index (χ0) is 20.6. The molecule has 9 heteroatoms. The highest BCUT2D eigenvalue weighted by atomic mass is 19.3. The van der Waals surface area contributed by atoms with Crippen molar-refractivity contribution in [3.63, 3.8) is 0 Å². The van der Waals surface area contributed by atoms with E-state index in [0.29, 0.717) is 28.5 Å². The van der Waals surface area contributed by atoms with Crippen molar-refractivity contribution in [2.24, 2.45) is 10.7 Å². The van der Waals surface area contributed by atoms with Gasteiger partial charge in [0, 0.05) is 18.3 Å². The SMILES string of the molecule is C=CC1(CN)C=NC2=CC=C(c3c(-c4ccc(F)cc4)ncn3CC(F)F)NN21. The summed E-state index contributed by atoms with van der Waals surface area (Å²) in [5.74, 6) is 0.236. The van der Waals surface area contributed by atoms with Crippen LogP contribution in [0.1, 0.15) is 5.69 Å². The predicted octanol–water partition coefficient (Wildman–Crippen LogP) is 2.92. The molecule has 0 spiro atoms. The molecule has 0 aliphatic carbocycles. The lowest BCUT2D eigenvalue weighted by Gasteiger charge is -2.38. The quantitative estimate of drug-likeness (QED) is 0.732. The minimum absolute atomic E-state index is 0.221. The molecule has 1 unspecified atom stereocenters. The molecule has 4 rings (SSSR count). The first-order valence-corrected chi connectivity index (χ1v) is 8.95. The van der Waals surface area contributed by atoms with Crippen LogP contribution in [0.3, 0.4) is 0 Å². The molecule has 0 saturated heterocycles. The number of rotatable bonds is 6. The summed E-state index contributed by atoms with van der Waals surface area (Å²) in [5, 5.41) is 1.74. The van der Waals surface area contributed by atoms with Crippen molar-refractivity contribution in [1.29, 1.82) is 0 Å². The van der Waals surface area contributed by atoms with E-state index in [1.807, 2.05) is 0 Å². The van der Waals surface area contributed by atoms with E-state index in [1.165, 1.54) is 23.0 Å². The van der Waals surface area contributed by atoms with Crippen molar-refractivity contribution in [2.75, 3.05) is 6.54 Å². The van der Waals surface area contributed by atoms with Gasteiger partial charge in [-0.1, -0.05) is 6.08 Å². The van der Waals surface area contributed by atoms with Crippen molar-refractivity contribution >= 4 is 11.9 Å². The number of aromatic nitrogens is 2. The van der Waals surface area contributed by atoms with Crippen molar-refractivity contribution in [3.05, 3.63) is 72.7 Å². The Hall–Kier alpha value is -3.33. The summed E-state index contributed by atoms with van der Waals surface area (Å²) in [6.45, 7) is 3.54. The molecule has 1 aromatic carbocycles. The van der Waals surface area contributed by atoms with Crippen molar-refractivity contribution < 1.29 is 13.2 Å². The van der Waals surface area contributed by atoms with Gasteiger partial charge in [-0.2, -0.15) is 0 Å². The number of aliphatic imine (C=N–C) groups is 1. The first-order chi connectivity index (χ1) is 14.0. The van der Waals surface area contributed by atoms with E-state index in [-0.39, 0.29) is 6.54 Å². The van der Waals surface area contributed by atoms with Gasteiger partial charge in [-0.25, -0.2) is 23.1 Å². The van der Waals surface area contributed by atoms with Crippen molar-refractivity contribution in [2.45, 2.75) is 18.5 Å². The monoisotopic (exact) mass is 400 g/mol. The number of benzene rings is 1. The summed E-state index contributed by atoms with van der Waals surface area (Å²) in [7, 11) is 0. The summed E-state index contributed by atoms with van der Waals surface area (Å²) in [6, 6.07) is 5.73. The Morgan fingerprint density at radius 2 is 2.00 bits per heavy atom. The Morgan fingerprint density at radius 1 is 1.24 bits per heavy atom. The highest BCUT2D eigenvalue weighted by Gasteiger charge is 2.39. The van der Waals surface area contributed by atoms with Gasteiger partial charge in [0.2, 0.25) is 0 Å². The van der Waals surface area contributed by atoms with Crippen LogP contribution in [0.2, 0.25) is 0 Å². The summed E-state index contributed by atoms with van der Waals surface area (Å²) in [5.41, 5.74) is 10.5. The maximum Gasteiger partial charge on any atom is 0.256 e. The Kier molecular flexibility index (Phi) is 4.75. The summed E-state index contributed by atoms with van der Waals surface area (Å²) < 4.78 is 41.1. The summed E-state index contributed by atoms with van der Waals surface area (Å²) >= 11 is 0. The first-order valence-electron chi connectivity index (χ1n) is 8.95. The standard InChI is InChI=1S/C20H19F3N6/c1-2-20(10-24)11-25-17-8-7-15(27-29(17)20)19-18(13-3-5-14(21)6-4-13)26-12-28(19)9-16(22)23/h2-8,11-12,16,27H,1,9-10,24H2. The maximum atomic E-state index is 13.3. The fraction of sp³-hybridized carbons (Fsp3) is 0.200. The summed E-state index contributed by atoms with van der Waals surface area (Å²) in [6.07, 6.45) is 5.65. The molecule has 2 aliphatic rings. The molecule has 0 amide bonds. The number of nitrogens with two attached hydrogens (primary N) is 1. The van der Waals surface area contributed by atoms with Gasteiger partial charge in [-0.15, -0.1) is 6.58 Å². The molecule has 0 fully saturated rings. The van der Waals surface area contributed by atoms with E-state index < -0.39 is 24.3 Å². The van der Waals surface area contributed by atoms with Gasteiger partial charge in [-0.3, -0.25) is 10.4 Å². The average Bonchev–Trinajstić information content (AvgIpc) is 3.29. The van der Waals surface area contributed by atoms with E-state index in [1.54, 1.807) is 41.6 Å². The number of imidazole rings is 1. The van der Waals surface area contributed by atoms with Gasteiger partial charge >= 0.3 is 0 Å². The Morgan fingerprint density at radius 3 is 2.66 bits per heavy atom. The zero-order valence-electron chi connectivity index (χ0n) is 15.4. The van der Waals surface area contributed by atoms with Crippen LogP contribution in [0.5, 0.6) is 0 Å². The van der Waals surface area contributed by atoms with Crippen LogP contribution < -0.4 is 11.2 Å². The molecule has 0 saturated carbocycles. The third-order valence-electron chi connectivity index (χ3n) is 4.92. The van der Waals surface area contributed by atoms with E-state index in [2.05, 4.69) is 22.0 Å². The largest absolute Gasteiger partial charge is 0.328 e. The third-order valence-corrected chi connectivity index (χ3v) is 4.92. The number of allylic oxidation sites excluding steroid dienone is 2. The van der Waals surface area contributed by atoms with Gasteiger partial charge in [0.1, 0.15) is 17.2 Å². The van der Waals surface area contributed by atoms with Gasteiger partial charge in [0.15, 0.2) is 0 Å². The Bertz CT molecular complexity index is 1020. The fourth-order valence-corrected chi connectivity index (χ4v) is 3.38. The molecule has 150 valence electrons. The van der Waals surface area contributed by atoms with Gasteiger partial charge in [-0.05, 0) is 36.4 Å². The van der Waals surface area contributed by atoms with Crippen LogP contribution in [0.4, 0.5) is 13.2 Å². The number of nitrogens with one attached hydrogen (secondary N) is 1. The minimum atomic E-state index is -2.56. The van der Waals surface area contributed by atoms with Crippen LogP contribution in [-0.2, 0) is 6.54 Å². The molecule has 2 aromatic rings. The number of halogens is 3. The van der Waals surface area contributed by atoms with Crippen LogP contribution in [-0.4, -0.2) is 39.3 Å². The van der Waals surface area contributed by atoms with Gasteiger partial charge in [0.25, 0.3) is 6.43 Å². The first kappa shape index (κ1) is 19.0. The highest BCUT2D eigenvalue weighted by molar-refractivity contribution is 5.82. The number of hydrazine groups is 1. The molecule has 2 aliphatic heterocycles. The minimum Gasteiger partial charge on any atom is -0.328 e. The van der Waals surface area contributed by atoms with Crippen molar-refractivity contribution in [3.8, 4) is 11.3 Å². The lowest BCUT2D eigenvalue weighted by Crippen LogP contribution is -2.55. The average molecular weight is 400 g/mol. The number of hydrogen-bond acceptors (Lipinski definition) is 5. The number of alkyl halides is 2. The molecule has 1 atom stereocenters. The van der Waals surface area contributed by atoms with Crippen LogP contribution in [0.25, 0.3) is 17.0 Å². The molecular formula is C20H19F3N6. The molecule has 6 nitrogen and oxygen atoms in total. The lowest BCUT2D eigenvalue weighted by molar-refractivity contribution is 0.126. The normalized spacial score (nSPS) is 20.4. The van der Waals surface area contributed by atoms with E-state index in [0.717, 1.165) is 0 Å². The van der Waals surface area contributed by atoms with Crippen LogP contribution in [0, 0.1) is 5.82 Å². The van der Waals surface area contributed by atoms with Gasteiger partial charge < -0.3 is 10.3 Å².